The molecule has 3 rings (SSSR count). The first-order valence-electron chi connectivity index (χ1n) is 8.90. The molecule has 9 nitrogen and oxygen atoms in total. The van der Waals surface area contributed by atoms with E-state index in [1.165, 1.54) is 25.5 Å². The quantitative estimate of drug-likeness (QED) is 0.253. The number of nitro benzene ring substituents is 1. The molecule has 12 heteroatoms. The van der Waals surface area contributed by atoms with Crippen LogP contribution in [-0.2, 0) is 10.0 Å². The highest BCUT2D eigenvalue weighted by Gasteiger charge is 2.23. The minimum atomic E-state index is -4.27. The summed E-state index contributed by atoms with van der Waals surface area (Å²) in [5, 5.41) is 15.9. The van der Waals surface area contributed by atoms with Crippen LogP contribution in [0.2, 0.25) is 10.0 Å². The zero-order chi connectivity index (χ0) is 23.3. The molecule has 166 valence electrons. The van der Waals surface area contributed by atoms with Crippen molar-refractivity contribution in [3.63, 3.8) is 0 Å². The van der Waals surface area contributed by atoms with E-state index in [0.717, 1.165) is 12.1 Å². The summed E-state index contributed by atoms with van der Waals surface area (Å²) in [4.78, 5) is 10.1. The van der Waals surface area contributed by atoms with Gasteiger partial charge in [0.05, 0.1) is 39.7 Å². The Bertz CT molecular complexity index is 1280. The SMILES string of the molecule is COc1ccccc1NS(=O)(=O)c1cc([N+](=O)[O-])ccc1NN=Cc1c(Cl)cccc1Cl. The third-order valence-corrected chi connectivity index (χ3v) is 6.26. The van der Waals surface area contributed by atoms with Crippen molar-refractivity contribution in [3.05, 3.63) is 86.4 Å². The number of anilines is 2. The van der Waals surface area contributed by atoms with Gasteiger partial charge in [0.15, 0.2) is 0 Å². The van der Waals surface area contributed by atoms with Crippen LogP contribution in [0.15, 0.2) is 70.7 Å². The van der Waals surface area contributed by atoms with Gasteiger partial charge in [0, 0.05) is 17.7 Å². The maximum Gasteiger partial charge on any atom is 0.270 e. The molecule has 3 aromatic rings. The summed E-state index contributed by atoms with van der Waals surface area (Å²) in [5.74, 6) is 0.280. The molecular formula is C20H16Cl2N4O5S. The number of nitrogens with zero attached hydrogens (tertiary/aromatic N) is 2. The van der Waals surface area contributed by atoms with Crippen LogP contribution in [0.25, 0.3) is 0 Å². The topological polar surface area (TPSA) is 123 Å². The van der Waals surface area contributed by atoms with Gasteiger partial charge in [-0.15, -0.1) is 0 Å². The minimum absolute atomic E-state index is 0.00239. The summed E-state index contributed by atoms with van der Waals surface area (Å²) < 4.78 is 33.7. The van der Waals surface area contributed by atoms with Gasteiger partial charge in [0.2, 0.25) is 0 Å². The molecule has 0 spiro atoms. The lowest BCUT2D eigenvalue weighted by Crippen LogP contribution is -2.15. The zero-order valence-electron chi connectivity index (χ0n) is 16.5. The van der Waals surface area contributed by atoms with E-state index in [-0.39, 0.29) is 22.0 Å². The van der Waals surface area contributed by atoms with Crippen molar-refractivity contribution in [2.75, 3.05) is 17.3 Å². The van der Waals surface area contributed by atoms with Gasteiger partial charge < -0.3 is 4.74 Å². The van der Waals surface area contributed by atoms with E-state index < -0.39 is 20.6 Å². The number of nitro groups is 1. The number of hydrogen-bond donors (Lipinski definition) is 2. The molecule has 2 N–H and O–H groups in total. The van der Waals surface area contributed by atoms with Crippen molar-refractivity contribution < 1.29 is 18.1 Å². The largest absolute Gasteiger partial charge is 0.495 e. The van der Waals surface area contributed by atoms with Crippen LogP contribution in [0.3, 0.4) is 0 Å². The molecule has 0 unspecified atom stereocenters. The van der Waals surface area contributed by atoms with Gasteiger partial charge in [-0.3, -0.25) is 20.3 Å². The van der Waals surface area contributed by atoms with E-state index in [1.807, 2.05) is 0 Å². The fourth-order valence-electron chi connectivity index (χ4n) is 2.67. The average molecular weight is 495 g/mol. The van der Waals surface area contributed by atoms with Crippen molar-refractivity contribution in [1.82, 2.24) is 0 Å². The minimum Gasteiger partial charge on any atom is -0.495 e. The molecule has 0 aliphatic heterocycles. The van der Waals surface area contributed by atoms with Crippen LogP contribution < -0.4 is 14.9 Å². The Balaban J connectivity index is 1.99. The maximum atomic E-state index is 13.1. The van der Waals surface area contributed by atoms with Crippen LogP contribution in [0.5, 0.6) is 5.75 Å². The fourth-order valence-corrected chi connectivity index (χ4v) is 4.41. The Morgan fingerprint density at radius 1 is 1.03 bits per heavy atom. The van der Waals surface area contributed by atoms with E-state index in [9.17, 15) is 18.5 Å². The van der Waals surface area contributed by atoms with Crippen LogP contribution in [0, 0.1) is 10.1 Å². The van der Waals surface area contributed by atoms with Crippen molar-refractivity contribution in [3.8, 4) is 5.75 Å². The van der Waals surface area contributed by atoms with E-state index in [1.54, 1.807) is 36.4 Å². The van der Waals surface area contributed by atoms with Crippen LogP contribution in [-0.4, -0.2) is 26.7 Å². The number of rotatable bonds is 8. The number of ether oxygens (including phenoxy) is 1. The van der Waals surface area contributed by atoms with E-state index in [4.69, 9.17) is 27.9 Å². The second-order valence-electron chi connectivity index (χ2n) is 6.25. The second kappa shape index (κ2) is 9.86. The standard InChI is InChI=1S/C20H16Cl2N4O5S/c1-31-19-8-3-2-7-17(19)25-32(29,30)20-11-13(26(27)28)9-10-18(20)24-23-12-14-15(21)5-4-6-16(14)22/h2-12,24-25H,1H3. The van der Waals surface area contributed by atoms with E-state index >= 15 is 0 Å². The molecule has 0 bridgehead atoms. The number of non-ortho nitro benzene ring substituents is 1. The van der Waals surface area contributed by atoms with Crippen LogP contribution >= 0.6 is 23.2 Å². The summed E-state index contributed by atoms with van der Waals surface area (Å²) >= 11 is 12.2. The van der Waals surface area contributed by atoms with Crippen LogP contribution in [0.4, 0.5) is 17.1 Å². The van der Waals surface area contributed by atoms with Gasteiger partial charge in [-0.1, -0.05) is 41.4 Å². The summed E-state index contributed by atoms with van der Waals surface area (Å²) in [6.45, 7) is 0. The number of hydrogen-bond acceptors (Lipinski definition) is 7. The number of methoxy groups -OCH3 is 1. The molecular weight excluding hydrogens is 479 g/mol. The molecule has 0 radical (unpaired) electrons. The van der Waals surface area contributed by atoms with Gasteiger partial charge in [0.25, 0.3) is 15.7 Å². The lowest BCUT2D eigenvalue weighted by atomic mass is 10.2. The van der Waals surface area contributed by atoms with Gasteiger partial charge in [-0.25, -0.2) is 8.42 Å². The van der Waals surface area contributed by atoms with Crippen molar-refractivity contribution in [1.29, 1.82) is 0 Å². The van der Waals surface area contributed by atoms with E-state index in [2.05, 4.69) is 15.2 Å². The first kappa shape index (κ1) is 23.3. The molecule has 0 aliphatic rings. The fraction of sp³-hybridized carbons (Fsp3) is 0.0500. The summed E-state index contributed by atoms with van der Waals surface area (Å²) in [7, 11) is -2.88. The lowest BCUT2D eigenvalue weighted by molar-refractivity contribution is -0.385. The maximum absolute atomic E-state index is 13.1. The summed E-state index contributed by atoms with van der Waals surface area (Å²) in [5.41, 5.74) is 2.76. The number of sulfonamides is 1. The van der Waals surface area contributed by atoms with Gasteiger partial charge in [-0.05, 0) is 30.3 Å². The zero-order valence-corrected chi connectivity index (χ0v) is 18.8. The summed E-state index contributed by atoms with van der Waals surface area (Å²) in [6, 6.07) is 14.6. The second-order valence-corrected chi connectivity index (χ2v) is 8.71. The van der Waals surface area contributed by atoms with Gasteiger partial charge in [-0.2, -0.15) is 5.10 Å². The predicted octanol–water partition coefficient (Wildman–Crippen LogP) is 5.16. The monoisotopic (exact) mass is 494 g/mol. The Hall–Kier alpha value is -3.34. The Kier molecular flexibility index (Phi) is 7.18. The smallest absolute Gasteiger partial charge is 0.270 e. The Labute approximate surface area is 193 Å². The molecule has 0 heterocycles. The Morgan fingerprint density at radius 2 is 1.72 bits per heavy atom. The number of para-hydroxylation sites is 2. The van der Waals surface area contributed by atoms with Crippen molar-refractivity contribution >= 4 is 56.5 Å². The highest BCUT2D eigenvalue weighted by atomic mass is 35.5. The Morgan fingerprint density at radius 3 is 2.38 bits per heavy atom. The first-order chi connectivity index (χ1) is 15.2. The molecule has 0 aliphatic carbocycles. The number of halogens is 2. The molecule has 0 saturated carbocycles. The van der Waals surface area contributed by atoms with Gasteiger partial charge in [0.1, 0.15) is 10.6 Å². The molecule has 0 saturated heterocycles. The third-order valence-electron chi connectivity index (χ3n) is 4.20. The summed E-state index contributed by atoms with van der Waals surface area (Å²) in [6.07, 6.45) is 1.32. The van der Waals surface area contributed by atoms with Gasteiger partial charge >= 0.3 is 0 Å². The highest BCUT2D eigenvalue weighted by molar-refractivity contribution is 7.93. The third kappa shape index (κ3) is 5.28. The number of hydrazone groups is 1. The lowest BCUT2D eigenvalue weighted by Gasteiger charge is -2.14. The molecule has 32 heavy (non-hydrogen) atoms. The molecule has 0 amide bonds. The normalized spacial score (nSPS) is 11.3. The average Bonchev–Trinajstić information content (AvgIpc) is 2.76. The first-order valence-corrected chi connectivity index (χ1v) is 11.1. The van der Waals surface area contributed by atoms with E-state index in [0.29, 0.717) is 15.6 Å². The number of nitrogens with one attached hydrogen (secondary N) is 2. The molecule has 0 atom stereocenters. The van der Waals surface area contributed by atoms with Crippen molar-refractivity contribution in [2.45, 2.75) is 4.90 Å². The van der Waals surface area contributed by atoms with Crippen LogP contribution in [0.1, 0.15) is 5.56 Å². The molecule has 3 aromatic carbocycles. The predicted molar refractivity (Wildman–Crippen MR) is 125 cm³/mol. The highest BCUT2D eigenvalue weighted by Crippen LogP contribution is 2.31. The molecule has 0 fully saturated rings. The van der Waals surface area contributed by atoms with Crippen molar-refractivity contribution in [2.24, 2.45) is 5.10 Å². The number of benzene rings is 3. The molecule has 0 aromatic heterocycles.